The Morgan fingerprint density at radius 1 is 1.00 bits per heavy atom. The van der Waals surface area contributed by atoms with Gasteiger partial charge in [0.15, 0.2) is 0 Å². The summed E-state index contributed by atoms with van der Waals surface area (Å²) in [7, 11) is 0. The van der Waals surface area contributed by atoms with Crippen LogP contribution in [-0.4, -0.2) is 18.7 Å². The summed E-state index contributed by atoms with van der Waals surface area (Å²) in [5.41, 5.74) is 1.63. The summed E-state index contributed by atoms with van der Waals surface area (Å²) in [6.45, 7) is 0.387. The number of hydrogen-bond acceptors (Lipinski definition) is 3. The highest BCUT2D eigenvalue weighted by Crippen LogP contribution is 2.23. The Bertz CT molecular complexity index is 578. The highest BCUT2D eigenvalue weighted by Gasteiger charge is 2.24. The first-order chi connectivity index (χ1) is 9.33. The Hall–Kier alpha value is -2.29. The summed E-state index contributed by atoms with van der Waals surface area (Å²) in [5, 5.41) is 0. The Balaban J connectivity index is 1.77. The first kappa shape index (κ1) is 11.8. The van der Waals surface area contributed by atoms with Gasteiger partial charge in [-0.05, 0) is 17.7 Å². The fraction of sp³-hybridized carbons (Fsp3) is 0.188. The van der Waals surface area contributed by atoms with Crippen molar-refractivity contribution in [2.24, 2.45) is 0 Å². The minimum atomic E-state index is -0.311. The molecule has 2 aromatic rings. The van der Waals surface area contributed by atoms with Gasteiger partial charge in [0, 0.05) is 6.42 Å². The maximum absolute atomic E-state index is 12.0. The second kappa shape index (κ2) is 5.14. The molecule has 1 aliphatic heterocycles. The van der Waals surface area contributed by atoms with Gasteiger partial charge in [0.25, 0.3) is 0 Å². The van der Waals surface area contributed by atoms with Crippen LogP contribution in [0.1, 0.15) is 15.9 Å². The van der Waals surface area contributed by atoms with Crippen molar-refractivity contribution in [1.29, 1.82) is 0 Å². The maximum Gasteiger partial charge on any atom is 0.342 e. The number of carbonyl (C=O) groups excluding carboxylic acids is 1. The molecule has 0 amide bonds. The van der Waals surface area contributed by atoms with Crippen LogP contribution in [0.15, 0.2) is 54.6 Å². The van der Waals surface area contributed by atoms with E-state index in [9.17, 15) is 4.79 Å². The van der Waals surface area contributed by atoms with E-state index < -0.39 is 0 Å². The van der Waals surface area contributed by atoms with Gasteiger partial charge in [-0.15, -0.1) is 0 Å². The fourth-order valence-corrected chi connectivity index (χ4v) is 2.17. The Kier molecular flexibility index (Phi) is 3.19. The van der Waals surface area contributed by atoms with E-state index >= 15 is 0 Å². The Morgan fingerprint density at radius 3 is 2.58 bits per heavy atom. The first-order valence-electron chi connectivity index (χ1n) is 6.29. The van der Waals surface area contributed by atoms with Crippen LogP contribution >= 0.6 is 0 Å². The molecule has 0 saturated carbocycles. The van der Waals surface area contributed by atoms with Gasteiger partial charge in [-0.3, -0.25) is 0 Å². The highest BCUT2D eigenvalue weighted by atomic mass is 16.6. The number of rotatable bonds is 2. The second-order valence-corrected chi connectivity index (χ2v) is 4.52. The Labute approximate surface area is 111 Å². The van der Waals surface area contributed by atoms with E-state index in [2.05, 4.69) is 0 Å². The number of benzene rings is 2. The number of ether oxygens (including phenoxy) is 2. The molecule has 1 aliphatic rings. The summed E-state index contributed by atoms with van der Waals surface area (Å²) >= 11 is 0. The Morgan fingerprint density at radius 2 is 1.74 bits per heavy atom. The summed E-state index contributed by atoms with van der Waals surface area (Å²) < 4.78 is 11.1. The zero-order valence-electron chi connectivity index (χ0n) is 10.4. The van der Waals surface area contributed by atoms with Crippen molar-refractivity contribution in [1.82, 2.24) is 0 Å². The van der Waals surface area contributed by atoms with Crippen molar-refractivity contribution in [2.45, 2.75) is 12.5 Å². The summed E-state index contributed by atoms with van der Waals surface area (Å²) in [4.78, 5) is 12.0. The lowest BCUT2D eigenvalue weighted by Gasteiger charge is -2.14. The van der Waals surface area contributed by atoms with E-state index in [1.807, 2.05) is 36.4 Å². The van der Waals surface area contributed by atoms with Crippen LogP contribution in [0.2, 0.25) is 0 Å². The molecule has 0 aliphatic carbocycles. The molecule has 0 aromatic heterocycles. The zero-order valence-corrected chi connectivity index (χ0v) is 10.4. The van der Waals surface area contributed by atoms with Crippen LogP contribution in [0.3, 0.4) is 0 Å². The lowest BCUT2D eigenvalue weighted by Crippen LogP contribution is -2.24. The molecule has 0 unspecified atom stereocenters. The number of esters is 1. The van der Waals surface area contributed by atoms with Gasteiger partial charge in [0.05, 0.1) is 0 Å². The molecular formula is C16H14O3. The van der Waals surface area contributed by atoms with Crippen molar-refractivity contribution in [3.05, 3.63) is 65.7 Å². The van der Waals surface area contributed by atoms with E-state index in [1.165, 1.54) is 0 Å². The third-order valence-corrected chi connectivity index (χ3v) is 3.11. The van der Waals surface area contributed by atoms with Crippen molar-refractivity contribution in [3.8, 4) is 5.75 Å². The third-order valence-electron chi connectivity index (χ3n) is 3.11. The molecule has 1 heterocycles. The van der Waals surface area contributed by atoms with Crippen LogP contribution in [0, 0.1) is 0 Å². The number of hydrogen-bond donors (Lipinski definition) is 0. The van der Waals surface area contributed by atoms with Crippen LogP contribution in [0.25, 0.3) is 0 Å². The van der Waals surface area contributed by atoms with Crippen molar-refractivity contribution >= 4 is 5.97 Å². The lowest BCUT2D eigenvalue weighted by molar-refractivity contribution is 0.0239. The molecule has 0 spiro atoms. The van der Waals surface area contributed by atoms with Gasteiger partial charge in [-0.1, -0.05) is 42.5 Å². The largest absolute Gasteiger partial charge is 0.489 e. The van der Waals surface area contributed by atoms with Crippen LogP contribution in [0.5, 0.6) is 5.75 Å². The molecule has 3 nitrogen and oxygen atoms in total. The molecule has 3 heteroatoms. The summed E-state index contributed by atoms with van der Waals surface area (Å²) in [5.74, 6) is 0.289. The van der Waals surface area contributed by atoms with Crippen molar-refractivity contribution in [3.63, 3.8) is 0 Å². The smallest absolute Gasteiger partial charge is 0.342 e. The van der Waals surface area contributed by atoms with Gasteiger partial charge in [-0.25, -0.2) is 4.79 Å². The number of fused-ring (bicyclic) bond motifs is 1. The van der Waals surface area contributed by atoms with Gasteiger partial charge >= 0.3 is 5.97 Å². The first-order valence-corrected chi connectivity index (χ1v) is 6.29. The quantitative estimate of drug-likeness (QED) is 0.773. The van der Waals surface area contributed by atoms with Gasteiger partial charge in [0.2, 0.25) is 0 Å². The molecule has 0 saturated heterocycles. The minimum absolute atomic E-state index is 0.248. The van der Waals surface area contributed by atoms with E-state index in [0.717, 1.165) is 5.56 Å². The molecule has 0 N–H and O–H groups in total. The topological polar surface area (TPSA) is 35.5 Å². The monoisotopic (exact) mass is 254 g/mol. The maximum atomic E-state index is 12.0. The third kappa shape index (κ3) is 2.60. The van der Waals surface area contributed by atoms with Crippen molar-refractivity contribution in [2.75, 3.05) is 6.61 Å². The molecule has 96 valence electrons. The highest BCUT2D eigenvalue weighted by molar-refractivity contribution is 5.92. The van der Waals surface area contributed by atoms with Crippen LogP contribution in [-0.2, 0) is 11.2 Å². The van der Waals surface area contributed by atoms with Crippen LogP contribution in [0.4, 0.5) is 0 Å². The van der Waals surface area contributed by atoms with Gasteiger partial charge < -0.3 is 9.47 Å². The van der Waals surface area contributed by atoms with Crippen molar-refractivity contribution < 1.29 is 14.3 Å². The normalized spacial score (nSPS) is 17.9. The second-order valence-electron chi connectivity index (χ2n) is 4.52. The minimum Gasteiger partial charge on any atom is -0.489 e. The fourth-order valence-electron chi connectivity index (χ4n) is 2.17. The van der Waals surface area contributed by atoms with E-state index in [-0.39, 0.29) is 12.1 Å². The molecule has 19 heavy (non-hydrogen) atoms. The molecule has 0 radical (unpaired) electrons. The summed E-state index contributed by atoms with van der Waals surface area (Å²) in [6.07, 6.45) is 0.419. The van der Waals surface area contributed by atoms with Gasteiger partial charge in [0.1, 0.15) is 24.0 Å². The molecule has 2 aromatic carbocycles. The van der Waals surface area contributed by atoms with Gasteiger partial charge in [-0.2, -0.15) is 0 Å². The summed E-state index contributed by atoms with van der Waals surface area (Å²) in [6, 6.07) is 17.1. The molecule has 1 atom stereocenters. The zero-order chi connectivity index (χ0) is 13.1. The predicted octanol–water partition coefficient (Wildman–Crippen LogP) is 2.85. The molecule has 0 bridgehead atoms. The van der Waals surface area contributed by atoms with Crippen LogP contribution < -0.4 is 4.74 Å². The number of para-hydroxylation sites is 1. The average Bonchev–Trinajstić information content (AvgIpc) is 2.60. The molecular weight excluding hydrogens is 240 g/mol. The molecule has 3 rings (SSSR count). The SMILES string of the molecule is O=C1O[C@@H](Cc2ccccc2)COc2ccccc21. The average molecular weight is 254 g/mol. The number of carbonyl (C=O) groups is 1. The van der Waals surface area contributed by atoms with E-state index in [1.54, 1.807) is 18.2 Å². The lowest BCUT2D eigenvalue weighted by atomic mass is 10.1. The number of cyclic esters (lactones) is 1. The predicted molar refractivity (Wildman–Crippen MR) is 71.3 cm³/mol. The molecule has 0 fully saturated rings. The standard InChI is InChI=1S/C16H14O3/c17-16-14-8-4-5-9-15(14)18-11-13(19-16)10-12-6-2-1-3-7-12/h1-9,13H,10-11H2/t13-/m0/s1. The van der Waals surface area contributed by atoms with E-state index in [4.69, 9.17) is 9.47 Å². The van der Waals surface area contributed by atoms with E-state index in [0.29, 0.717) is 24.3 Å².